The average Bonchev–Trinajstić information content (AvgIpc) is 1.96. The lowest BCUT2D eigenvalue weighted by Crippen LogP contribution is -2.22. The lowest BCUT2D eigenvalue weighted by atomic mass is 10.1. The first kappa shape index (κ1) is 13.9. The summed E-state index contributed by atoms with van der Waals surface area (Å²) in [6.07, 6.45) is 3.69. The molecule has 0 spiro atoms. The van der Waals surface area contributed by atoms with Crippen molar-refractivity contribution >= 4 is 28.6 Å². The summed E-state index contributed by atoms with van der Waals surface area (Å²) in [5.74, 6) is -0.233. The largest absolute Gasteiger partial charge is 0.457 e. The molecule has 3 heteroatoms. The first-order valence-corrected chi connectivity index (χ1v) is 6.34. The van der Waals surface area contributed by atoms with Crippen LogP contribution in [0.1, 0.15) is 40.5 Å². The molecule has 0 aliphatic heterocycles. The summed E-state index contributed by atoms with van der Waals surface area (Å²) >= 11 is 2.33. The van der Waals surface area contributed by atoms with Gasteiger partial charge in [-0.2, -0.15) is 0 Å². The first-order valence-electron chi connectivity index (χ1n) is 4.81. The molecular weight excluding hydrogens is 291 g/mol. The fourth-order valence-corrected chi connectivity index (χ4v) is 1.33. The van der Waals surface area contributed by atoms with E-state index < -0.39 is 5.60 Å². The molecule has 0 aliphatic carbocycles. The second-order valence-electron chi connectivity index (χ2n) is 4.32. The maximum Gasteiger partial charge on any atom is 0.331 e. The molecule has 2 nitrogen and oxygen atoms in total. The second-order valence-corrected chi connectivity index (χ2v) is 5.40. The van der Waals surface area contributed by atoms with E-state index in [1.807, 2.05) is 27.7 Å². The van der Waals surface area contributed by atoms with Gasteiger partial charge < -0.3 is 4.74 Å². The molecule has 0 N–H and O–H groups in total. The van der Waals surface area contributed by atoms with E-state index in [4.69, 9.17) is 4.74 Å². The highest BCUT2D eigenvalue weighted by molar-refractivity contribution is 14.1. The summed E-state index contributed by atoms with van der Waals surface area (Å²) in [5, 5.41) is 0. The van der Waals surface area contributed by atoms with Gasteiger partial charge in [0.05, 0.1) is 0 Å². The number of carbonyl (C=O) groups is 1. The van der Waals surface area contributed by atoms with Gasteiger partial charge in [0.2, 0.25) is 0 Å². The van der Waals surface area contributed by atoms with Crippen LogP contribution in [0.15, 0.2) is 11.6 Å². The van der Waals surface area contributed by atoms with E-state index in [9.17, 15) is 4.79 Å². The van der Waals surface area contributed by atoms with Crippen molar-refractivity contribution in [1.29, 1.82) is 0 Å². The Morgan fingerprint density at radius 1 is 1.43 bits per heavy atom. The molecule has 82 valence electrons. The molecule has 14 heavy (non-hydrogen) atoms. The van der Waals surface area contributed by atoms with Crippen molar-refractivity contribution in [1.82, 2.24) is 0 Å². The number of hydrogen-bond acceptors (Lipinski definition) is 2. The lowest BCUT2D eigenvalue weighted by Gasteiger charge is -2.18. The fraction of sp³-hybridized carbons (Fsp3) is 0.727. The summed E-state index contributed by atoms with van der Waals surface area (Å²) in [6.45, 7) is 7.59. The molecule has 0 bridgehead atoms. The Balaban J connectivity index is 4.02. The van der Waals surface area contributed by atoms with E-state index in [1.165, 1.54) is 0 Å². The van der Waals surface area contributed by atoms with Gasteiger partial charge in [-0.15, -0.1) is 0 Å². The number of alkyl halides is 1. The third kappa shape index (κ3) is 8.53. The van der Waals surface area contributed by atoms with E-state index in [-0.39, 0.29) is 5.97 Å². The number of esters is 1. The number of ether oxygens (including phenoxy) is 1. The molecule has 0 aromatic heterocycles. The van der Waals surface area contributed by atoms with Gasteiger partial charge in [0.1, 0.15) is 5.60 Å². The van der Waals surface area contributed by atoms with E-state index in [0.29, 0.717) is 0 Å². The Bertz CT molecular complexity index is 214. The second kappa shape index (κ2) is 6.43. The van der Waals surface area contributed by atoms with Gasteiger partial charge >= 0.3 is 5.97 Å². The lowest BCUT2D eigenvalue weighted by molar-refractivity contribution is -0.148. The van der Waals surface area contributed by atoms with Gasteiger partial charge in [-0.05, 0) is 45.0 Å². The zero-order chi connectivity index (χ0) is 11.2. The molecule has 0 saturated carbocycles. The molecule has 0 radical (unpaired) electrons. The van der Waals surface area contributed by atoms with Crippen molar-refractivity contribution in [3.8, 4) is 0 Å². The van der Waals surface area contributed by atoms with Crippen molar-refractivity contribution in [2.75, 3.05) is 4.43 Å². The molecule has 0 fully saturated rings. The SMILES string of the molecule is CC(=CC(=O)OC(C)(C)C)CCCI. The van der Waals surface area contributed by atoms with Gasteiger partial charge in [-0.25, -0.2) is 4.79 Å². The van der Waals surface area contributed by atoms with Crippen LogP contribution in [0.2, 0.25) is 0 Å². The van der Waals surface area contributed by atoms with Crippen LogP contribution in [-0.2, 0) is 9.53 Å². The molecular formula is C11H19IO2. The third-order valence-electron chi connectivity index (χ3n) is 1.48. The Kier molecular flexibility index (Phi) is 6.40. The Morgan fingerprint density at radius 2 is 2.00 bits per heavy atom. The normalized spacial score (nSPS) is 12.8. The highest BCUT2D eigenvalue weighted by Crippen LogP contribution is 2.10. The smallest absolute Gasteiger partial charge is 0.331 e. The predicted octanol–water partition coefficient (Wildman–Crippen LogP) is 3.49. The number of allylic oxidation sites excluding steroid dienone is 1. The Hall–Kier alpha value is -0.0600. The maximum absolute atomic E-state index is 11.3. The van der Waals surface area contributed by atoms with Crippen LogP contribution in [0.4, 0.5) is 0 Å². The molecule has 0 amide bonds. The highest BCUT2D eigenvalue weighted by Gasteiger charge is 2.14. The Morgan fingerprint density at radius 3 is 2.43 bits per heavy atom. The maximum atomic E-state index is 11.3. The minimum atomic E-state index is -0.392. The monoisotopic (exact) mass is 310 g/mol. The van der Waals surface area contributed by atoms with Crippen LogP contribution < -0.4 is 0 Å². The van der Waals surface area contributed by atoms with E-state index >= 15 is 0 Å². The summed E-state index contributed by atoms with van der Waals surface area (Å²) < 4.78 is 6.29. The first-order chi connectivity index (χ1) is 6.35. The van der Waals surface area contributed by atoms with E-state index in [2.05, 4.69) is 22.6 Å². The molecule has 0 aromatic rings. The quantitative estimate of drug-likeness (QED) is 0.344. The minimum absolute atomic E-state index is 0.233. The van der Waals surface area contributed by atoms with Crippen LogP contribution in [0.5, 0.6) is 0 Å². The van der Waals surface area contributed by atoms with Crippen LogP contribution in [0.25, 0.3) is 0 Å². The standard InChI is InChI=1S/C11H19IO2/c1-9(6-5-7-12)8-10(13)14-11(2,3)4/h8H,5-7H2,1-4H3. The molecule has 0 saturated heterocycles. The summed E-state index contributed by atoms with van der Waals surface area (Å²) in [5.41, 5.74) is 0.702. The van der Waals surface area contributed by atoms with Gasteiger partial charge in [0.15, 0.2) is 0 Å². The zero-order valence-electron chi connectivity index (χ0n) is 9.39. The van der Waals surface area contributed by atoms with Crippen LogP contribution in [0, 0.1) is 0 Å². The topological polar surface area (TPSA) is 26.3 Å². The highest BCUT2D eigenvalue weighted by atomic mass is 127. The number of carbonyl (C=O) groups excluding carboxylic acids is 1. The summed E-state index contributed by atoms with van der Waals surface area (Å²) in [7, 11) is 0. The minimum Gasteiger partial charge on any atom is -0.457 e. The molecule has 0 aromatic carbocycles. The van der Waals surface area contributed by atoms with Crippen LogP contribution >= 0.6 is 22.6 Å². The van der Waals surface area contributed by atoms with Crippen molar-refractivity contribution in [3.63, 3.8) is 0 Å². The van der Waals surface area contributed by atoms with Gasteiger partial charge in [0, 0.05) is 6.08 Å². The van der Waals surface area contributed by atoms with Gasteiger partial charge in [0.25, 0.3) is 0 Å². The molecule has 0 heterocycles. The number of halogens is 1. The van der Waals surface area contributed by atoms with Crippen LogP contribution in [0.3, 0.4) is 0 Å². The van der Waals surface area contributed by atoms with Gasteiger partial charge in [-0.3, -0.25) is 0 Å². The summed E-state index contributed by atoms with van der Waals surface area (Å²) in [4.78, 5) is 11.3. The fourth-order valence-electron chi connectivity index (χ4n) is 0.950. The van der Waals surface area contributed by atoms with Crippen LogP contribution in [-0.4, -0.2) is 16.0 Å². The van der Waals surface area contributed by atoms with Crippen molar-refractivity contribution in [2.45, 2.75) is 46.1 Å². The molecule has 0 atom stereocenters. The molecule has 0 unspecified atom stereocenters. The molecule has 0 aliphatic rings. The van der Waals surface area contributed by atoms with E-state index in [0.717, 1.165) is 22.8 Å². The van der Waals surface area contributed by atoms with Crippen molar-refractivity contribution < 1.29 is 9.53 Å². The Labute approximate surface area is 100 Å². The van der Waals surface area contributed by atoms with Gasteiger partial charge in [-0.1, -0.05) is 28.2 Å². The van der Waals surface area contributed by atoms with E-state index in [1.54, 1.807) is 6.08 Å². The number of rotatable bonds is 4. The average molecular weight is 310 g/mol. The predicted molar refractivity (Wildman–Crippen MR) is 67.7 cm³/mol. The number of hydrogen-bond donors (Lipinski definition) is 0. The zero-order valence-corrected chi connectivity index (χ0v) is 11.6. The van der Waals surface area contributed by atoms with Crippen molar-refractivity contribution in [3.05, 3.63) is 11.6 Å². The third-order valence-corrected chi connectivity index (χ3v) is 2.24. The molecule has 0 rings (SSSR count). The summed E-state index contributed by atoms with van der Waals surface area (Å²) in [6, 6.07) is 0. The van der Waals surface area contributed by atoms with Crippen molar-refractivity contribution in [2.24, 2.45) is 0 Å².